The van der Waals surface area contributed by atoms with Gasteiger partial charge in [0, 0.05) is 25.7 Å². The number of hydrogen-bond donors (Lipinski definition) is 2. The van der Waals surface area contributed by atoms with Crippen molar-refractivity contribution in [1.82, 2.24) is 15.1 Å². The van der Waals surface area contributed by atoms with Crippen molar-refractivity contribution >= 4 is 12.0 Å². The molecule has 0 saturated carbocycles. The van der Waals surface area contributed by atoms with E-state index in [0.717, 1.165) is 39.0 Å². The number of nitrogens with zero attached hydrogens (tertiary/aromatic N) is 2. The molecule has 0 spiro atoms. The Morgan fingerprint density at radius 1 is 1.29 bits per heavy atom. The van der Waals surface area contributed by atoms with E-state index in [1.807, 2.05) is 11.8 Å². The minimum Gasteiger partial charge on any atom is -0.481 e. The molecule has 2 fully saturated rings. The highest BCUT2D eigenvalue weighted by Gasteiger charge is 2.31. The van der Waals surface area contributed by atoms with E-state index in [9.17, 15) is 9.59 Å². The summed E-state index contributed by atoms with van der Waals surface area (Å²) in [7, 11) is 0. The average molecular weight is 297 g/mol. The number of carboxylic acid groups (broad SMARTS) is 1. The number of carboxylic acids is 1. The average Bonchev–Trinajstić information content (AvgIpc) is 3.11. The van der Waals surface area contributed by atoms with Crippen LogP contribution in [0.15, 0.2) is 0 Å². The largest absolute Gasteiger partial charge is 0.481 e. The van der Waals surface area contributed by atoms with Crippen LogP contribution in [0, 0.1) is 5.92 Å². The van der Waals surface area contributed by atoms with Gasteiger partial charge >= 0.3 is 12.0 Å². The zero-order valence-corrected chi connectivity index (χ0v) is 12.9. The summed E-state index contributed by atoms with van der Waals surface area (Å²) in [5.74, 6) is -1.30. The predicted octanol–water partition coefficient (Wildman–Crippen LogP) is 1.37. The van der Waals surface area contributed by atoms with Gasteiger partial charge in [0.25, 0.3) is 0 Å². The molecule has 0 aromatic heterocycles. The summed E-state index contributed by atoms with van der Waals surface area (Å²) in [6.45, 7) is 6.04. The monoisotopic (exact) mass is 297 g/mol. The second-order valence-corrected chi connectivity index (χ2v) is 6.14. The van der Waals surface area contributed by atoms with E-state index in [1.54, 1.807) is 0 Å². The maximum Gasteiger partial charge on any atom is 0.317 e. The summed E-state index contributed by atoms with van der Waals surface area (Å²) in [6.07, 6.45) is 4.98. The molecule has 0 radical (unpaired) electrons. The molecular formula is C15H27N3O3. The molecule has 0 bridgehead atoms. The molecule has 21 heavy (non-hydrogen) atoms. The van der Waals surface area contributed by atoms with E-state index in [0.29, 0.717) is 12.5 Å². The fourth-order valence-electron chi connectivity index (χ4n) is 3.31. The molecule has 2 unspecified atom stereocenters. The van der Waals surface area contributed by atoms with Gasteiger partial charge in [0.2, 0.25) is 0 Å². The molecule has 2 amide bonds. The van der Waals surface area contributed by atoms with Gasteiger partial charge in [0.15, 0.2) is 0 Å². The second kappa shape index (κ2) is 7.64. The lowest BCUT2D eigenvalue weighted by Gasteiger charge is -2.24. The molecule has 2 heterocycles. The number of urea groups is 1. The Bertz CT molecular complexity index is 369. The van der Waals surface area contributed by atoms with Crippen LogP contribution < -0.4 is 5.32 Å². The summed E-state index contributed by atoms with van der Waals surface area (Å²) in [4.78, 5) is 27.5. The number of nitrogens with one attached hydrogen (secondary N) is 1. The number of hydrogen-bond acceptors (Lipinski definition) is 3. The van der Waals surface area contributed by atoms with Crippen LogP contribution in [0.5, 0.6) is 0 Å². The van der Waals surface area contributed by atoms with Crippen molar-refractivity contribution in [2.75, 3.05) is 32.7 Å². The third-order valence-corrected chi connectivity index (χ3v) is 4.59. The van der Waals surface area contributed by atoms with Crippen molar-refractivity contribution in [3.8, 4) is 0 Å². The van der Waals surface area contributed by atoms with Crippen LogP contribution in [0.1, 0.15) is 39.0 Å². The van der Waals surface area contributed by atoms with Crippen LogP contribution in [0.4, 0.5) is 4.79 Å². The topological polar surface area (TPSA) is 72.9 Å². The highest BCUT2D eigenvalue weighted by molar-refractivity contribution is 5.76. The molecule has 6 nitrogen and oxygen atoms in total. The first-order valence-corrected chi connectivity index (χ1v) is 8.11. The molecule has 2 rings (SSSR count). The highest BCUT2D eigenvalue weighted by Crippen LogP contribution is 2.20. The normalized spacial score (nSPS) is 24.2. The zero-order valence-electron chi connectivity index (χ0n) is 12.9. The lowest BCUT2D eigenvalue weighted by atomic mass is 10.0. The first-order chi connectivity index (χ1) is 10.1. The van der Waals surface area contributed by atoms with E-state index in [2.05, 4.69) is 10.2 Å². The third kappa shape index (κ3) is 4.33. The number of likely N-dealkylation sites (tertiary alicyclic amines) is 2. The summed E-state index contributed by atoms with van der Waals surface area (Å²) in [5, 5.41) is 11.9. The lowest BCUT2D eigenvalue weighted by molar-refractivity contribution is -0.141. The molecule has 2 saturated heterocycles. The Balaban J connectivity index is 1.74. The van der Waals surface area contributed by atoms with E-state index < -0.39 is 11.9 Å². The first-order valence-electron chi connectivity index (χ1n) is 8.11. The van der Waals surface area contributed by atoms with Crippen molar-refractivity contribution in [2.24, 2.45) is 5.92 Å². The maximum absolute atomic E-state index is 12.1. The summed E-state index contributed by atoms with van der Waals surface area (Å²) < 4.78 is 0. The SMILES string of the molecule is CCCC(CNC(=O)N1CCC(N2CCCC2)C1)C(=O)O. The number of rotatable bonds is 6. The fraction of sp³-hybridized carbons (Fsp3) is 0.867. The van der Waals surface area contributed by atoms with E-state index in [-0.39, 0.29) is 12.6 Å². The van der Waals surface area contributed by atoms with Crippen molar-refractivity contribution in [2.45, 2.75) is 45.1 Å². The van der Waals surface area contributed by atoms with Gasteiger partial charge in [-0.3, -0.25) is 9.69 Å². The summed E-state index contributed by atoms with van der Waals surface area (Å²) in [5.41, 5.74) is 0. The quantitative estimate of drug-likeness (QED) is 0.776. The molecule has 2 aliphatic rings. The fourth-order valence-corrected chi connectivity index (χ4v) is 3.31. The summed E-state index contributed by atoms with van der Waals surface area (Å²) >= 11 is 0. The molecule has 6 heteroatoms. The number of amides is 2. The molecular weight excluding hydrogens is 270 g/mol. The third-order valence-electron chi connectivity index (χ3n) is 4.59. The van der Waals surface area contributed by atoms with E-state index >= 15 is 0 Å². The Morgan fingerprint density at radius 3 is 2.62 bits per heavy atom. The van der Waals surface area contributed by atoms with Gasteiger partial charge in [-0.1, -0.05) is 13.3 Å². The molecule has 0 aromatic carbocycles. The Labute approximate surface area is 126 Å². The van der Waals surface area contributed by atoms with Crippen LogP contribution in [-0.4, -0.2) is 65.7 Å². The minimum atomic E-state index is -0.825. The molecule has 2 aliphatic heterocycles. The van der Waals surface area contributed by atoms with Crippen LogP contribution >= 0.6 is 0 Å². The highest BCUT2D eigenvalue weighted by atomic mass is 16.4. The van der Waals surface area contributed by atoms with Crippen LogP contribution in [0.25, 0.3) is 0 Å². The van der Waals surface area contributed by atoms with Crippen LogP contribution in [-0.2, 0) is 4.79 Å². The minimum absolute atomic E-state index is 0.112. The van der Waals surface area contributed by atoms with E-state index in [1.165, 1.54) is 12.8 Å². The van der Waals surface area contributed by atoms with Gasteiger partial charge < -0.3 is 15.3 Å². The second-order valence-electron chi connectivity index (χ2n) is 6.14. The smallest absolute Gasteiger partial charge is 0.317 e. The molecule has 0 aromatic rings. The van der Waals surface area contributed by atoms with Crippen molar-refractivity contribution in [3.63, 3.8) is 0 Å². The van der Waals surface area contributed by atoms with Crippen molar-refractivity contribution < 1.29 is 14.7 Å². The molecule has 0 aliphatic carbocycles. The van der Waals surface area contributed by atoms with Crippen LogP contribution in [0.2, 0.25) is 0 Å². The van der Waals surface area contributed by atoms with Gasteiger partial charge in [-0.25, -0.2) is 4.79 Å². The maximum atomic E-state index is 12.1. The predicted molar refractivity (Wildman–Crippen MR) is 80.2 cm³/mol. The van der Waals surface area contributed by atoms with Gasteiger partial charge in [0.1, 0.15) is 0 Å². The Morgan fingerprint density at radius 2 is 2.00 bits per heavy atom. The standard InChI is InChI=1S/C15H27N3O3/c1-2-5-12(14(19)20)10-16-15(21)18-9-6-13(11-18)17-7-3-4-8-17/h12-13H,2-11H2,1H3,(H,16,21)(H,19,20). The van der Waals surface area contributed by atoms with Gasteiger partial charge in [-0.2, -0.15) is 0 Å². The molecule has 2 atom stereocenters. The van der Waals surface area contributed by atoms with E-state index in [4.69, 9.17) is 5.11 Å². The first kappa shape index (κ1) is 16.1. The molecule has 2 N–H and O–H groups in total. The number of carbonyl (C=O) groups is 2. The van der Waals surface area contributed by atoms with Gasteiger partial charge in [-0.15, -0.1) is 0 Å². The van der Waals surface area contributed by atoms with Crippen molar-refractivity contribution in [1.29, 1.82) is 0 Å². The Kier molecular flexibility index (Phi) is 5.85. The number of aliphatic carboxylic acids is 1. The number of carbonyl (C=O) groups excluding carboxylic acids is 1. The van der Waals surface area contributed by atoms with Gasteiger partial charge in [-0.05, 0) is 38.8 Å². The van der Waals surface area contributed by atoms with Crippen LogP contribution in [0.3, 0.4) is 0 Å². The lowest BCUT2D eigenvalue weighted by Crippen LogP contribution is -2.43. The zero-order chi connectivity index (χ0) is 15.2. The summed E-state index contributed by atoms with van der Waals surface area (Å²) in [6, 6.07) is 0.378. The van der Waals surface area contributed by atoms with Crippen molar-refractivity contribution in [3.05, 3.63) is 0 Å². The Hall–Kier alpha value is -1.30. The van der Waals surface area contributed by atoms with Gasteiger partial charge in [0.05, 0.1) is 5.92 Å². The molecule has 120 valence electrons.